The van der Waals surface area contributed by atoms with Crippen LogP contribution in [0, 0.1) is 6.92 Å². The van der Waals surface area contributed by atoms with Crippen molar-refractivity contribution in [3.63, 3.8) is 0 Å². The van der Waals surface area contributed by atoms with E-state index in [-0.39, 0.29) is 4.90 Å². The van der Waals surface area contributed by atoms with Gasteiger partial charge in [-0.2, -0.15) is 0 Å². The summed E-state index contributed by atoms with van der Waals surface area (Å²) < 4.78 is 32.9. The summed E-state index contributed by atoms with van der Waals surface area (Å²) in [5, 5.41) is 5.44. The van der Waals surface area contributed by atoms with Crippen LogP contribution in [-0.2, 0) is 10.0 Å². The maximum absolute atomic E-state index is 12.5. The molecule has 8 heteroatoms. The van der Waals surface area contributed by atoms with Gasteiger partial charge < -0.3 is 15.4 Å². The number of rotatable bonds is 7. The smallest absolute Gasteiger partial charge is 0.323 e. The van der Waals surface area contributed by atoms with Gasteiger partial charge in [0.05, 0.1) is 17.2 Å². The van der Waals surface area contributed by atoms with Crippen molar-refractivity contribution in [1.82, 2.24) is 0 Å². The molecule has 3 rings (SSSR count). The molecule has 3 N–H and O–H groups in total. The number of nitrogens with one attached hydrogen (secondary N) is 3. The Kier molecular flexibility index (Phi) is 6.58. The van der Waals surface area contributed by atoms with Crippen molar-refractivity contribution >= 4 is 33.1 Å². The van der Waals surface area contributed by atoms with Gasteiger partial charge in [0.2, 0.25) is 0 Å². The van der Waals surface area contributed by atoms with Gasteiger partial charge in [-0.3, -0.25) is 4.72 Å². The van der Waals surface area contributed by atoms with Crippen LogP contribution < -0.4 is 20.1 Å². The Morgan fingerprint density at radius 3 is 2.17 bits per heavy atom. The quantitative estimate of drug-likeness (QED) is 0.505. The highest BCUT2D eigenvalue weighted by atomic mass is 32.2. The first-order valence-electron chi connectivity index (χ1n) is 9.37. The molecule has 0 bridgehead atoms. The van der Waals surface area contributed by atoms with E-state index < -0.39 is 16.1 Å². The van der Waals surface area contributed by atoms with Crippen molar-refractivity contribution in [2.75, 3.05) is 22.0 Å². The Hall–Kier alpha value is -3.52. The van der Waals surface area contributed by atoms with Gasteiger partial charge >= 0.3 is 6.03 Å². The zero-order valence-corrected chi connectivity index (χ0v) is 17.5. The second-order valence-electron chi connectivity index (χ2n) is 6.50. The van der Waals surface area contributed by atoms with Gasteiger partial charge in [-0.05, 0) is 62.4 Å². The number of carbonyl (C=O) groups excluding carboxylic acids is 1. The van der Waals surface area contributed by atoms with E-state index >= 15 is 0 Å². The summed E-state index contributed by atoms with van der Waals surface area (Å²) in [5.41, 5.74) is 2.44. The SMILES string of the molecule is CCOc1ccccc1NC(=O)Nc1ccc(NS(=O)(=O)c2ccc(C)cc2)cc1. The molecule has 7 nitrogen and oxygen atoms in total. The van der Waals surface area contributed by atoms with Crippen LogP contribution in [0.4, 0.5) is 21.9 Å². The van der Waals surface area contributed by atoms with E-state index in [0.717, 1.165) is 5.56 Å². The van der Waals surface area contributed by atoms with E-state index in [2.05, 4.69) is 15.4 Å². The lowest BCUT2D eigenvalue weighted by Crippen LogP contribution is -2.20. The minimum absolute atomic E-state index is 0.183. The minimum atomic E-state index is -3.68. The lowest BCUT2D eigenvalue weighted by molar-refractivity contribution is 0.262. The molecule has 0 unspecified atom stereocenters. The summed E-state index contributed by atoms with van der Waals surface area (Å²) in [7, 11) is -3.68. The predicted molar refractivity (Wildman–Crippen MR) is 119 cm³/mol. The first-order chi connectivity index (χ1) is 14.4. The van der Waals surface area contributed by atoms with Crippen LogP contribution in [0.15, 0.2) is 77.7 Å². The molecule has 0 aliphatic carbocycles. The number of anilines is 3. The maximum atomic E-state index is 12.5. The number of para-hydroxylation sites is 2. The number of carbonyl (C=O) groups is 1. The first kappa shape index (κ1) is 21.2. The lowest BCUT2D eigenvalue weighted by Gasteiger charge is -2.12. The number of hydrogen-bond donors (Lipinski definition) is 3. The fourth-order valence-corrected chi connectivity index (χ4v) is 3.75. The third-order valence-electron chi connectivity index (χ3n) is 4.16. The van der Waals surface area contributed by atoms with E-state index in [0.29, 0.717) is 29.4 Å². The van der Waals surface area contributed by atoms with Crippen LogP contribution in [0.5, 0.6) is 5.75 Å². The van der Waals surface area contributed by atoms with Crippen LogP contribution in [0.25, 0.3) is 0 Å². The summed E-state index contributed by atoms with van der Waals surface area (Å²) >= 11 is 0. The number of amides is 2. The van der Waals surface area contributed by atoms with Crippen LogP contribution in [0.1, 0.15) is 12.5 Å². The zero-order chi connectivity index (χ0) is 21.6. The molecule has 0 aromatic heterocycles. The number of urea groups is 1. The second-order valence-corrected chi connectivity index (χ2v) is 8.19. The summed E-state index contributed by atoms with van der Waals surface area (Å²) in [4.78, 5) is 12.5. The molecule has 0 radical (unpaired) electrons. The molecule has 3 aromatic carbocycles. The minimum Gasteiger partial charge on any atom is -0.492 e. The molecule has 2 amide bonds. The predicted octanol–water partition coefficient (Wildman–Crippen LogP) is 4.84. The fraction of sp³-hybridized carbons (Fsp3) is 0.136. The Morgan fingerprint density at radius 2 is 1.50 bits per heavy atom. The van der Waals surface area contributed by atoms with E-state index in [1.165, 1.54) is 0 Å². The number of ether oxygens (including phenoxy) is 1. The fourth-order valence-electron chi connectivity index (χ4n) is 2.69. The molecule has 0 aliphatic rings. The third-order valence-corrected chi connectivity index (χ3v) is 5.56. The standard InChI is InChI=1S/C22H23N3O4S/c1-3-29-21-7-5-4-6-20(21)24-22(26)23-17-10-12-18(13-11-17)25-30(27,28)19-14-8-16(2)9-15-19/h4-15,25H,3H2,1-2H3,(H2,23,24,26). The molecular weight excluding hydrogens is 402 g/mol. The van der Waals surface area contributed by atoms with Gasteiger partial charge in [-0.15, -0.1) is 0 Å². The molecule has 0 atom stereocenters. The molecule has 0 aliphatic heterocycles. The van der Waals surface area contributed by atoms with E-state index in [4.69, 9.17) is 4.74 Å². The highest BCUT2D eigenvalue weighted by Crippen LogP contribution is 2.24. The van der Waals surface area contributed by atoms with Crippen molar-refractivity contribution in [2.45, 2.75) is 18.7 Å². The van der Waals surface area contributed by atoms with Crippen molar-refractivity contribution < 1.29 is 17.9 Å². The highest BCUT2D eigenvalue weighted by Gasteiger charge is 2.14. The van der Waals surface area contributed by atoms with Gasteiger partial charge in [0.25, 0.3) is 10.0 Å². The number of benzene rings is 3. The summed E-state index contributed by atoms with van der Waals surface area (Å²) in [6.07, 6.45) is 0. The first-order valence-corrected chi connectivity index (χ1v) is 10.8. The highest BCUT2D eigenvalue weighted by molar-refractivity contribution is 7.92. The van der Waals surface area contributed by atoms with Gasteiger partial charge in [0.1, 0.15) is 5.75 Å². The Bertz CT molecular complexity index is 1110. The lowest BCUT2D eigenvalue weighted by atomic mass is 10.2. The Morgan fingerprint density at radius 1 is 0.867 bits per heavy atom. The average molecular weight is 426 g/mol. The van der Waals surface area contributed by atoms with Crippen LogP contribution in [0.3, 0.4) is 0 Å². The topological polar surface area (TPSA) is 96.5 Å². The van der Waals surface area contributed by atoms with E-state index in [1.807, 2.05) is 19.9 Å². The number of sulfonamides is 1. The van der Waals surface area contributed by atoms with Crippen LogP contribution >= 0.6 is 0 Å². The maximum Gasteiger partial charge on any atom is 0.323 e. The Balaban J connectivity index is 1.63. The molecule has 0 saturated heterocycles. The average Bonchev–Trinajstić information content (AvgIpc) is 2.71. The largest absolute Gasteiger partial charge is 0.492 e. The van der Waals surface area contributed by atoms with Gasteiger partial charge in [-0.1, -0.05) is 29.8 Å². The van der Waals surface area contributed by atoms with Gasteiger partial charge in [-0.25, -0.2) is 13.2 Å². The van der Waals surface area contributed by atoms with E-state index in [1.54, 1.807) is 66.7 Å². The normalized spacial score (nSPS) is 10.9. The summed E-state index contributed by atoms with van der Waals surface area (Å²) in [6.45, 7) is 4.24. The van der Waals surface area contributed by atoms with Gasteiger partial charge in [0, 0.05) is 11.4 Å². The number of hydrogen-bond acceptors (Lipinski definition) is 4. The molecule has 30 heavy (non-hydrogen) atoms. The third kappa shape index (κ3) is 5.51. The second kappa shape index (κ2) is 9.32. The molecule has 156 valence electrons. The Labute approximate surface area is 176 Å². The van der Waals surface area contributed by atoms with Crippen molar-refractivity contribution in [1.29, 1.82) is 0 Å². The van der Waals surface area contributed by atoms with Crippen molar-refractivity contribution in [3.8, 4) is 5.75 Å². The number of aryl methyl sites for hydroxylation is 1. The molecule has 0 heterocycles. The van der Waals surface area contributed by atoms with Gasteiger partial charge in [0.15, 0.2) is 0 Å². The molecule has 0 saturated carbocycles. The van der Waals surface area contributed by atoms with Crippen LogP contribution in [-0.4, -0.2) is 21.1 Å². The van der Waals surface area contributed by atoms with E-state index in [9.17, 15) is 13.2 Å². The monoisotopic (exact) mass is 425 g/mol. The van der Waals surface area contributed by atoms with Crippen molar-refractivity contribution in [2.24, 2.45) is 0 Å². The zero-order valence-electron chi connectivity index (χ0n) is 16.7. The summed E-state index contributed by atoms with van der Waals surface area (Å²) in [6, 6.07) is 19.7. The molecule has 3 aromatic rings. The van der Waals surface area contributed by atoms with Crippen molar-refractivity contribution in [3.05, 3.63) is 78.4 Å². The molecule has 0 spiro atoms. The summed E-state index contributed by atoms with van der Waals surface area (Å²) in [5.74, 6) is 0.580. The van der Waals surface area contributed by atoms with Crippen LogP contribution in [0.2, 0.25) is 0 Å². The molecule has 0 fully saturated rings. The molecular formula is C22H23N3O4S.